The largest absolute Gasteiger partial charge is 0.281 e. The van der Waals surface area contributed by atoms with Gasteiger partial charge in [-0.3, -0.25) is 24.0 Å². The van der Waals surface area contributed by atoms with E-state index in [4.69, 9.17) is 64.0 Å². The molecule has 0 unspecified atom stereocenters. The van der Waals surface area contributed by atoms with Gasteiger partial charge < -0.3 is 0 Å². The number of hydrogen-bond donors (Lipinski definition) is 0. The van der Waals surface area contributed by atoms with Crippen LogP contribution in [-0.4, -0.2) is 37.7 Å². The minimum Gasteiger partial charge on any atom is -0.281 e. The fourth-order valence-electron chi connectivity index (χ4n) is 0. The van der Waals surface area contributed by atoms with E-state index < -0.39 is 3.79 Å². The summed E-state index contributed by atoms with van der Waals surface area (Å²) in [4.78, 5) is 37.5. The molecule has 0 N–H and O–H groups in total. The molecule has 0 aliphatic rings. The Balaban J connectivity index is -0.0000000158. The third-order valence-electron chi connectivity index (χ3n) is 0.127. The molecule has 0 fully saturated rings. The molecule has 17 heavy (non-hydrogen) atoms. The van der Waals surface area contributed by atoms with Crippen molar-refractivity contribution in [1.29, 1.82) is 5.26 Å². The maximum absolute atomic E-state index is 7.76. The fraction of sp³-hybridized carbons (Fsp3) is 0.143. The zero-order valence-electron chi connectivity index (χ0n) is 7.53. The first-order valence-electron chi connectivity index (χ1n) is 2.06. The Morgan fingerprint density at radius 3 is 0.765 bits per heavy atom. The van der Waals surface area contributed by atoms with Crippen molar-refractivity contribution < 1.29 is 45.0 Å². The van der Waals surface area contributed by atoms with Crippen molar-refractivity contribution in [2.45, 2.75) is 3.79 Å². The number of nitriles is 1. The molecule has 0 saturated heterocycles. The van der Waals surface area contributed by atoms with Gasteiger partial charge in [-0.1, -0.05) is 34.8 Å². The number of rotatable bonds is 0. The molecule has 0 aromatic carbocycles. The molecular formula is C7Cl3NO5W. The zero-order valence-corrected chi connectivity index (χ0v) is 12.7. The van der Waals surface area contributed by atoms with Gasteiger partial charge in [-0.25, -0.2) is 0 Å². The molecule has 6 nitrogen and oxygen atoms in total. The van der Waals surface area contributed by atoms with Crippen molar-refractivity contribution in [1.82, 2.24) is 0 Å². The number of carbonyl (C=O) groups excluding carboxylic acids is 5. The van der Waals surface area contributed by atoms with Gasteiger partial charge in [0.15, 0.2) is 0 Å². The number of nitrogens with zero attached hydrogens (tertiary/aromatic N) is 1. The molecule has 0 amide bonds. The van der Waals surface area contributed by atoms with Gasteiger partial charge in [0.2, 0.25) is 0 Å². The average Bonchev–Trinajstić information content (AvgIpc) is 2.40. The Morgan fingerprint density at radius 2 is 0.765 bits per heavy atom. The molecule has 0 aliphatic heterocycles. The molecule has 90 valence electrons. The molecule has 10 heteroatoms. The third-order valence-corrected chi connectivity index (χ3v) is 0.380. The van der Waals surface area contributed by atoms with E-state index in [-0.39, 0.29) is 21.1 Å². The standard InChI is InChI=1S/C2Cl3N.5CO.W/c3-2(4,5)1-6;5*1-2;. The number of alkyl halides is 3. The second-order valence-corrected chi connectivity index (χ2v) is 2.89. The van der Waals surface area contributed by atoms with Gasteiger partial charge in [-0.2, -0.15) is 5.26 Å². The summed E-state index contributed by atoms with van der Waals surface area (Å²) in [5.41, 5.74) is 0. The van der Waals surface area contributed by atoms with Crippen molar-refractivity contribution in [3.8, 4) is 6.07 Å². The van der Waals surface area contributed by atoms with Crippen LogP contribution < -0.4 is 0 Å². The van der Waals surface area contributed by atoms with Crippen LogP contribution in [0.25, 0.3) is 0 Å². The first-order valence-corrected chi connectivity index (χ1v) is 3.20. The van der Waals surface area contributed by atoms with E-state index in [0.29, 0.717) is 0 Å². The maximum Gasteiger partial charge on any atom is 0.281 e. The molecule has 0 aromatic rings. The van der Waals surface area contributed by atoms with Crippen molar-refractivity contribution >= 4 is 68.7 Å². The van der Waals surface area contributed by atoms with Crippen molar-refractivity contribution in [2.75, 3.05) is 0 Å². The van der Waals surface area contributed by atoms with Crippen LogP contribution in [0.5, 0.6) is 0 Å². The molecule has 0 rings (SSSR count). The van der Waals surface area contributed by atoms with Crippen LogP contribution in [0.2, 0.25) is 0 Å². The number of halogens is 3. The Labute approximate surface area is 128 Å². The van der Waals surface area contributed by atoms with E-state index in [1.54, 1.807) is 0 Å². The summed E-state index contributed by atoms with van der Waals surface area (Å²) in [7, 11) is 0. The minimum absolute atomic E-state index is 0. The van der Waals surface area contributed by atoms with Gasteiger partial charge in [0.05, 0.1) is 0 Å². The summed E-state index contributed by atoms with van der Waals surface area (Å²) in [6.45, 7) is 22.5. The summed E-state index contributed by atoms with van der Waals surface area (Å²) in [5.74, 6) is 0. The first kappa shape index (κ1) is 44.0. The van der Waals surface area contributed by atoms with Crippen LogP contribution in [0.4, 0.5) is 0 Å². The molecule has 0 saturated carbocycles. The van der Waals surface area contributed by atoms with Crippen molar-refractivity contribution in [3.05, 3.63) is 0 Å². The van der Waals surface area contributed by atoms with Gasteiger partial charge >= 0.3 is 0 Å². The maximum atomic E-state index is 7.76. The van der Waals surface area contributed by atoms with Crippen LogP contribution >= 0.6 is 34.8 Å². The van der Waals surface area contributed by atoms with E-state index in [1.165, 1.54) is 6.07 Å². The van der Waals surface area contributed by atoms with Crippen molar-refractivity contribution in [3.63, 3.8) is 0 Å². The predicted molar refractivity (Wildman–Crippen MR) is 54.4 cm³/mol. The SMILES string of the molecule is N#CC(Cl)(Cl)Cl.[C]=O.[C]=O.[C]=O.[C]=O.[C]=O.[W]. The summed E-state index contributed by atoms with van der Waals surface area (Å²) in [6.07, 6.45) is 0. The number of hydrogen-bond acceptors (Lipinski definition) is 6. The fourth-order valence-corrected chi connectivity index (χ4v) is 0. The zero-order chi connectivity index (χ0) is 15.2. The van der Waals surface area contributed by atoms with Gasteiger partial charge in [0.1, 0.15) is 6.07 Å². The smallest absolute Gasteiger partial charge is 0.281 e. The molecule has 0 heterocycles. The summed E-state index contributed by atoms with van der Waals surface area (Å²) in [5, 5.41) is 7.76. The molecule has 0 aromatic heterocycles. The molecule has 0 bridgehead atoms. The minimum atomic E-state index is -1.74. The van der Waals surface area contributed by atoms with Crippen LogP contribution in [-0.2, 0) is 45.0 Å². The van der Waals surface area contributed by atoms with Crippen LogP contribution in [0.15, 0.2) is 0 Å². The Kier molecular flexibility index (Phi) is 202. The van der Waals surface area contributed by atoms with E-state index in [1.807, 2.05) is 0 Å². The quantitative estimate of drug-likeness (QED) is 0.460. The predicted octanol–water partition coefficient (Wildman–Crippen LogP) is -0.108. The molecule has 0 aliphatic carbocycles. The van der Waals surface area contributed by atoms with Crippen LogP contribution in [0.3, 0.4) is 0 Å². The summed E-state index contributed by atoms with van der Waals surface area (Å²) in [6, 6.07) is 1.40. The average molecular weight is 468 g/mol. The Hall–Kier alpha value is -0.602. The van der Waals surface area contributed by atoms with Gasteiger partial charge in [0, 0.05) is 21.1 Å². The van der Waals surface area contributed by atoms with E-state index in [2.05, 4.69) is 33.9 Å². The van der Waals surface area contributed by atoms with E-state index in [0.717, 1.165) is 0 Å². The Bertz CT molecular complexity index is 142. The monoisotopic (exact) mass is 467 g/mol. The van der Waals surface area contributed by atoms with E-state index in [9.17, 15) is 0 Å². The third kappa shape index (κ3) is 481. The summed E-state index contributed by atoms with van der Waals surface area (Å²) >= 11 is 14.7. The normalized spacial score (nSPS) is 4.82. The van der Waals surface area contributed by atoms with Gasteiger partial charge in [-0.05, 0) is 0 Å². The second kappa shape index (κ2) is 78.0. The molecule has 0 atom stereocenters. The molecule has 10 radical (unpaired) electrons. The summed E-state index contributed by atoms with van der Waals surface area (Å²) < 4.78 is -1.74. The topological polar surface area (TPSA) is 109 Å². The van der Waals surface area contributed by atoms with Gasteiger partial charge in [-0.15, -0.1) is 0 Å². The van der Waals surface area contributed by atoms with Crippen LogP contribution in [0, 0.1) is 11.3 Å². The van der Waals surface area contributed by atoms with E-state index >= 15 is 0 Å². The molecular weight excluding hydrogens is 468 g/mol. The van der Waals surface area contributed by atoms with Crippen molar-refractivity contribution in [2.24, 2.45) is 0 Å². The molecule has 0 spiro atoms. The van der Waals surface area contributed by atoms with Crippen LogP contribution in [0.1, 0.15) is 0 Å². The van der Waals surface area contributed by atoms with Gasteiger partial charge in [0.25, 0.3) is 37.7 Å². The second-order valence-electron chi connectivity index (χ2n) is 0.610. The Morgan fingerprint density at radius 1 is 0.706 bits per heavy atom. The first-order chi connectivity index (χ1) is 7.56.